The Labute approximate surface area is 90.9 Å². The van der Waals surface area contributed by atoms with E-state index in [0.717, 1.165) is 0 Å². The normalized spacial score (nSPS) is 10.6. The minimum Gasteiger partial charge on any atom is -0.494 e. The maximum atomic E-state index is 12.6. The van der Waals surface area contributed by atoms with Gasteiger partial charge >= 0.3 is 5.97 Å². The molecule has 0 saturated heterocycles. The van der Waals surface area contributed by atoms with E-state index in [1.807, 2.05) is 0 Å². The van der Waals surface area contributed by atoms with Gasteiger partial charge in [0.05, 0.1) is 13.5 Å². The van der Waals surface area contributed by atoms with Crippen LogP contribution < -0.4 is 4.74 Å². The second-order valence-electron chi connectivity index (χ2n) is 3.21. The smallest absolute Gasteiger partial charge is 0.307 e. The van der Waals surface area contributed by atoms with Gasteiger partial charge in [0.1, 0.15) is 11.4 Å². The lowest BCUT2D eigenvalue weighted by Crippen LogP contribution is -2.08. The van der Waals surface area contributed by atoms with Crippen molar-refractivity contribution in [3.63, 3.8) is 0 Å². The van der Waals surface area contributed by atoms with Gasteiger partial charge in [-0.2, -0.15) is 0 Å². The maximum Gasteiger partial charge on any atom is 0.307 e. The van der Waals surface area contributed by atoms with E-state index in [2.05, 4.69) is 4.98 Å². The number of carboxylic acids is 1. The molecule has 1 N–H and O–H groups in total. The van der Waals surface area contributed by atoms with Gasteiger partial charge in [0, 0.05) is 11.8 Å². The number of hydrogen-bond acceptors (Lipinski definition) is 3. The van der Waals surface area contributed by atoms with E-state index in [4.69, 9.17) is 9.84 Å². The summed E-state index contributed by atoms with van der Waals surface area (Å²) in [6.45, 7) is 1.60. The molecule has 0 amide bonds. The summed E-state index contributed by atoms with van der Waals surface area (Å²) in [6.07, 6.45) is -1.93. The first-order valence-corrected chi connectivity index (χ1v) is 4.49. The number of aliphatic carboxylic acids is 1. The summed E-state index contributed by atoms with van der Waals surface area (Å²) >= 11 is 0. The first-order valence-electron chi connectivity index (χ1n) is 4.49. The van der Waals surface area contributed by atoms with Crippen LogP contribution in [-0.4, -0.2) is 23.2 Å². The summed E-state index contributed by atoms with van der Waals surface area (Å²) in [5, 5.41) is 8.68. The van der Waals surface area contributed by atoms with E-state index >= 15 is 0 Å². The molecule has 88 valence electrons. The fourth-order valence-electron chi connectivity index (χ4n) is 1.39. The van der Waals surface area contributed by atoms with Crippen LogP contribution in [0.3, 0.4) is 0 Å². The number of aryl methyl sites for hydroxylation is 1. The molecular weight excluding hydrogens is 220 g/mol. The second kappa shape index (κ2) is 4.87. The summed E-state index contributed by atoms with van der Waals surface area (Å²) in [4.78, 5) is 14.2. The number of hydrogen-bond donors (Lipinski definition) is 1. The zero-order valence-electron chi connectivity index (χ0n) is 8.83. The van der Waals surface area contributed by atoms with Gasteiger partial charge in [-0.3, -0.25) is 9.78 Å². The molecule has 0 atom stereocenters. The Morgan fingerprint density at radius 3 is 2.69 bits per heavy atom. The fraction of sp³-hybridized carbons (Fsp3) is 0.400. The van der Waals surface area contributed by atoms with Crippen molar-refractivity contribution in [3.8, 4) is 5.75 Å². The number of nitrogens with zero attached hydrogens (tertiary/aromatic N) is 1. The maximum absolute atomic E-state index is 12.6. The second-order valence-corrected chi connectivity index (χ2v) is 3.21. The Morgan fingerprint density at radius 1 is 1.62 bits per heavy atom. The first-order chi connectivity index (χ1) is 7.47. The highest BCUT2D eigenvalue weighted by Crippen LogP contribution is 2.32. The van der Waals surface area contributed by atoms with E-state index < -0.39 is 18.1 Å². The number of ether oxygens (including phenoxy) is 1. The van der Waals surface area contributed by atoms with Gasteiger partial charge in [0.15, 0.2) is 0 Å². The molecule has 16 heavy (non-hydrogen) atoms. The zero-order valence-corrected chi connectivity index (χ0v) is 8.83. The molecule has 0 aliphatic rings. The predicted octanol–water partition coefficient (Wildman–Crippen LogP) is 1.96. The van der Waals surface area contributed by atoms with E-state index in [1.54, 1.807) is 6.92 Å². The van der Waals surface area contributed by atoms with Crippen molar-refractivity contribution in [2.75, 3.05) is 7.11 Å². The van der Waals surface area contributed by atoms with Gasteiger partial charge in [-0.15, -0.1) is 0 Å². The van der Waals surface area contributed by atoms with E-state index in [1.165, 1.54) is 13.3 Å². The third-order valence-corrected chi connectivity index (χ3v) is 2.12. The average Bonchev–Trinajstić information content (AvgIpc) is 2.19. The lowest BCUT2D eigenvalue weighted by molar-refractivity contribution is -0.136. The monoisotopic (exact) mass is 231 g/mol. The summed E-state index contributed by atoms with van der Waals surface area (Å²) in [5.74, 6) is -1.25. The molecule has 0 aliphatic heterocycles. The van der Waals surface area contributed by atoms with Crippen molar-refractivity contribution in [1.29, 1.82) is 0 Å². The highest BCUT2D eigenvalue weighted by molar-refractivity contribution is 5.72. The minimum atomic E-state index is -2.79. The van der Waals surface area contributed by atoms with Crippen LogP contribution in [-0.2, 0) is 11.2 Å². The number of carbonyl (C=O) groups is 1. The first kappa shape index (κ1) is 12.4. The van der Waals surface area contributed by atoms with E-state index in [9.17, 15) is 13.6 Å². The van der Waals surface area contributed by atoms with Crippen LogP contribution in [0.2, 0.25) is 0 Å². The molecule has 0 saturated carbocycles. The molecular formula is C10H11F2NO3. The third kappa shape index (κ3) is 2.44. The molecule has 0 fully saturated rings. The number of halogens is 2. The van der Waals surface area contributed by atoms with Crippen LogP contribution in [0.25, 0.3) is 0 Å². The van der Waals surface area contributed by atoms with Crippen LogP contribution in [0.5, 0.6) is 5.75 Å². The Kier molecular flexibility index (Phi) is 3.76. The number of methoxy groups -OCH3 is 1. The highest BCUT2D eigenvalue weighted by Gasteiger charge is 2.21. The van der Waals surface area contributed by atoms with Gasteiger partial charge in [0.25, 0.3) is 6.43 Å². The number of alkyl halides is 2. The molecule has 1 rings (SSSR count). The van der Waals surface area contributed by atoms with Gasteiger partial charge < -0.3 is 9.84 Å². The molecule has 0 aliphatic carbocycles. The largest absolute Gasteiger partial charge is 0.494 e. The zero-order chi connectivity index (χ0) is 12.3. The van der Waals surface area contributed by atoms with Crippen LogP contribution >= 0.6 is 0 Å². The molecule has 6 heteroatoms. The molecule has 1 aromatic heterocycles. The van der Waals surface area contributed by atoms with E-state index in [0.29, 0.717) is 5.56 Å². The summed E-state index contributed by atoms with van der Waals surface area (Å²) < 4.78 is 30.0. The van der Waals surface area contributed by atoms with Crippen molar-refractivity contribution in [3.05, 3.63) is 23.0 Å². The van der Waals surface area contributed by atoms with Gasteiger partial charge in [-0.05, 0) is 12.5 Å². The molecule has 0 aromatic carbocycles. The average molecular weight is 231 g/mol. The summed E-state index contributed by atoms with van der Waals surface area (Å²) in [6, 6.07) is 0. The van der Waals surface area contributed by atoms with Gasteiger partial charge in [0.2, 0.25) is 0 Å². The lowest BCUT2D eigenvalue weighted by Gasteiger charge is -2.13. The highest BCUT2D eigenvalue weighted by atomic mass is 19.3. The Balaban J connectivity index is 3.32. The van der Waals surface area contributed by atoms with Crippen molar-refractivity contribution in [2.24, 2.45) is 0 Å². The molecule has 0 unspecified atom stereocenters. The number of pyridine rings is 1. The fourth-order valence-corrected chi connectivity index (χ4v) is 1.39. The molecule has 0 spiro atoms. The quantitative estimate of drug-likeness (QED) is 0.860. The van der Waals surface area contributed by atoms with Crippen molar-refractivity contribution < 1.29 is 23.4 Å². The minimum absolute atomic E-state index is 0.141. The van der Waals surface area contributed by atoms with Gasteiger partial charge in [-0.25, -0.2) is 8.78 Å². The number of aromatic nitrogens is 1. The Morgan fingerprint density at radius 2 is 2.25 bits per heavy atom. The van der Waals surface area contributed by atoms with Gasteiger partial charge in [-0.1, -0.05) is 0 Å². The predicted molar refractivity (Wildman–Crippen MR) is 51.8 cm³/mol. The van der Waals surface area contributed by atoms with Crippen LogP contribution in [0.15, 0.2) is 6.20 Å². The number of carboxylic acid groups (broad SMARTS) is 1. The lowest BCUT2D eigenvalue weighted by atomic mass is 10.1. The SMILES string of the molecule is COc1c(C(F)F)ncc(C)c1CC(=O)O. The third-order valence-electron chi connectivity index (χ3n) is 2.12. The van der Waals surface area contributed by atoms with Crippen molar-refractivity contribution in [1.82, 2.24) is 4.98 Å². The number of rotatable bonds is 4. The topological polar surface area (TPSA) is 59.4 Å². The molecule has 0 radical (unpaired) electrons. The van der Waals surface area contributed by atoms with Crippen LogP contribution in [0, 0.1) is 6.92 Å². The Bertz CT molecular complexity index is 407. The summed E-state index contributed by atoms with van der Waals surface area (Å²) in [7, 11) is 1.22. The molecule has 4 nitrogen and oxygen atoms in total. The molecule has 1 aromatic rings. The van der Waals surface area contributed by atoms with Crippen LogP contribution in [0.1, 0.15) is 23.2 Å². The standard InChI is InChI=1S/C10H11F2NO3/c1-5-4-13-8(10(11)12)9(16-2)6(5)3-7(14)15/h4,10H,3H2,1-2H3,(H,14,15). The van der Waals surface area contributed by atoms with Crippen molar-refractivity contribution >= 4 is 5.97 Å². The molecule has 0 bridgehead atoms. The van der Waals surface area contributed by atoms with E-state index in [-0.39, 0.29) is 17.7 Å². The van der Waals surface area contributed by atoms with Crippen LogP contribution in [0.4, 0.5) is 8.78 Å². The summed E-state index contributed by atoms with van der Waals surface area (Å²) in [5.41, 5.74) is 0.230. The van der Waals surface area contributed by atoms with Crippen molar-refractivity contribution in [2.45, 2.75) is 19.8 Å². The molecule has 1 heterocycles. The Hall–Kier alpha value is -1.72.